The maximum Gasteiger partial charge on any atom is 0.273 e. The lowest BCUT2D eigenvalue weighted by atomic mass is 10.1. The van der Waals surface area contributed by atoms with E-state index in [1.807, 2.05) is 18.2 Å². The van der Waals surface area contributed by atoms with Crippen LogP contribution in [-0.4, -0.2) is 22.0 Å². The molecule has 0 aliphatic carbocycles. The summed E-state index contributed by atoms with van der Waals surface area (Å²) < 4.78 is 18.4. The topological polar surface area (TPSA) is 58.4 Å². The monoisotopic (exact) mass is 409 g/mol. The second-order valence-corrected chi connectivity index (χ2v) is 7.35. The fraction of sp³-hybridized carbons (Fsp3) is 0.333. The smallest absolute Gasteiger partial charge is 0.273 e. The molecule has 1 heterocycles. The van der Waals surface area contributed by atoms with Crippen LogP contribution >= 0.6 is 0 Å². The zero-order chi connectivity index (χ0) is 21.3. The Hall–Kier alpha value is -2.99. The fourth-order valence-corrected chi connectivity index (χ4v) is 3.51. The van der Waals surface area contributed by atoms with Crippen molar-refractivity contribution in [2.45, 2.75) is 52.4 Å². The van der Waals surface area contributed by atoms with Crippen molar-refractivity contribution >= 4 is 5.91 Å². The van der Waals surface area contributed by atoms with Crippen LogP contribution in [0.2, 0.25) is 0 Å². The third-order valence-electron chi connectivity index (χ3n) is 5.20. The molecule has 0 bridgehead atoms. The fourth-order valence-electron chi connectivity index (χ4n) is 3.51. The van der Waals surface area contributed by atoms with Crippen LogP contribution in [0, 0.1) is 5.82 Å². The Morgan fingerprint density at radius 3 is 2.40 bits per heavy atom. The molecule has 0 saturated carbocycles. The third-order valence-corrected chi connectivity index (χ3v) is 5.20. The van der Waals surface area contributed by atoms with Crippen LogP contribution in [0.1, 0.15) is 54.1 Å². The number of rotatable bonds is 10. The second-order valence-electron chi connectivity index (χ2n) is 7.35. The molecule has 0 aliphatic rings. The summed E-state index contributed by atoms with van der Waals surface area (Å²) in [6.07, 6.45) is 2.06. The maximum absolute atomic E-state index is 13.0. The summed E-state index contributed by atoms with van der Waals surface area (Å²) in [5, 5.41) is 6.73. The highest BCUT2D eigenvalue weighted by atomic mass is 19.1. The van der Waals surface area contributed by atoms with E-state index >= 15 is 0 Å². The van der Waals surface area contributed by atoms with Crippen molar-refractivity contribution in [2.24, 2.45) is 0 Å². The van der Waals surface area contributed by atoms with Crippen molar-refractivity contribution in [3.8, 4) is 0 Å². The summed E-state index contributed by atoms with van der Waals surface area (Å²) >= 11 is 0. The van der Waals surface area contributed by atoms with E-state index in [4.69, 9.17) is 4.52 Å². The van der Waals surface area contributed by atoms with Crippen molar-refractivity contribution in [2.75, 3.05) is 0 Å². The van der Waals surface area contributed by atoms with Gasteiger partial charge in [-0.3, -0.25) is 9.69 Å². The van der Waals surface area contributed by atoms with Gasteiger partial charge in [0.15, 0.2) is 11.5 Å². The molecular formula is C24H28FN3O2. The molecule has 0 unspecified atom stereocenters. The minimum Gasteiger partial charge on any atom is -0.359 e. The van der Waals surface area contributed by atoms with Gasteiger partial charge >= 0.3 is 0 Å². The molecule has 0 spiro atoms. The molecule has 0 atom stereocenters. The molecule has 1 amide bonds. The molecule has 0 fully saturated rings. The molecule has 158 valence electrons. The molecule has 30 heavy (non-hydrogen) atoms. The van der Waals surface area contributed by atoms with Gasteiger partial charge in [0, 0.05) is 25.2 Å². The number of carbonyl (C=O) groups is 1. The molecule has 2 aromatic carbocycles. The molecule has 0 aliphatic heterocycles. The van der Waals surface area contributed by atoms with Crippen LogP contribution in [0.15, 0.2) is 65.2 Å². The van der Waals surface area contributed by atoms with Crippen LogP contribution in [-0.2, 0) is 19.6 Å². The number of aromatic nitrogens is 1. The number of nitrogens with zero attached hydrogens (tertiary/aromatic N) is 2. The van der Waals surface area contributed by atoms with Crippen molar-refractivity contribution in [1.29, 1.82) is 0 Å². The Morgan fingerprint density at radius 2 is 1.73 bits per heavy atom. The third kappa shape index (κ3) is 6.00. The summed E-state index contributed by atoms with van der Waals surface area (Å²) in [5.41, 5.74) is 2.30. The van der Waals surface area contributed by atoms with E-state index < -0.39 is 0 Å². The van der Waals surface area contributed by atoms with Crippen molar-refractivity contribution in [1.82, 2.24) is 15.4 Å². The molecule has 3 rings (SSSR count). The number of carbonyl (C=O) groups excluding carboxylic acids is 1. The normalized spacial score (nSPS) is 11.2. The Morgan fingerprint density at radius 1 is 1.03 bits per heavy atom. The van der Waals surface area contributed by atoms with Crippen LogP contribution in [0.4, 0.5) is 4.39 Å². The van der Waals surface area contributed by atoms with Gasteiger partial charge in [-0.25, -0.2) is 4.39 Å². The Balaban J connectivity index is 1.63. The van der Waals surface area contributed by atoms with Crippen LogP contribution < -0.4 is 5.32 Å². The Labute approximate surface area is 176 Å². The first-order valence-electron chi connectivity index (χ1n) is 10.3. The number of nitrogens with one attached hydrogen (secondary N) is 1. The van der Waals surface area contributed by atoms with Gasteiger partial charge in [-0.05, 0) is 36.1 Å². The van der Waals surface area contributed by atoms with Crippen LogP contribution in [0.25, 0.3) is 0 Å². The summed E-state index contributed by atoms with van der Waals surface area (Å²) in [5.74, 6) is 0.0416. The van der Waals surface area contributed by atoms with Gasteiger partial charge in [-0.15, -0.1) is 0 Å². The number of amides is 1. The largest absolute Gasteiger partial charge is 0.359 e. The van der Waals surface area contributed by atoms with Gasteiger partial charge < -0.3 is 9.84 Å². The van der Waals surface area contributed by atoms with Gasteiger partial charge in [0.2, 0.25) is 0 Å². The molecule has 1 N–H and O–H groups in total. The van der Waals surface area contributed by atoms with Gasteiger partial charge in [0.25, 0.3) is 5.91 Å². The SMILES string of the molecule is CCC(CC)N(Cc1ccccc1)Cc1cc(C(=O)NCc2ccc(F)cc2)no1. The summed E-state index contributed by atoms with van der Waals surface area (Å²) in [7, 11) is 0. The quantitative estimate of drug-likeness (QED) is 0.516. The van der Waals surface area contributed by atoms with E-state index in [2.05, 4.69) is 41.4 Å². The summed E-state index contributed by atoms with van der Waals surface area (Å²) in [4.78, 5) is 14.8. The Kier molecular flexibility index (Phi) is 7.74. The van der Waals surface area contributed by atoms with E-state index in [0.717, 1.165) is 24.9 Å². The lowest BCUT2D eigenvalue weighted by Gasteiger charge is -2.29. The van der Waals surface area contributed by atoms with Crippen LogP contribution in [0.3, 0.4) is 0 Å². The zero-order valence-electron chi connectivity index (χ0n) is 17.5. The molecule has 1 aromatic heterocycles. The minimum absolute atomic E-state index is 0.247. The van der Waals surface area contributed by atoms with E-state index in [1.165, 1.54) is 17.7 Å². The molecule has 6 heteroatoms. The highest BCUT2D eigenvalue weighted by Gasteiger charge is 2.20. The number of hydrogen-bond donors (Lipinski definition) is 1. The predicted octanol–water partition coefficient (Wildman–Crippen LogP) is 4.93. The van der Waals surface area contributed by atoms with E-state index in [1.54, 1.807) is 18.2 Å². The van der Waals surface area contributed by atoms with Gasteiger partial charge in [0.05, 0.1) is 6.54 Å². The standard InChI is InChI=1S/C24H28FN3O2/c1-3-21(4-2)28(16-19-8-6-5-7-9-19)17-22-14-23(27-30-22)24(29)26-15-18-10-12-20(25)13-11-18/h5-14,21H,3-4,15-17H2,1-2H3,(H,26,29). The summed E-state index contributed by atoms with van der Waals surface area (Å²) in [6, 6.07) is 18.4. The zero-order valence-corrected chi connectivity index (χ0v) is 17.5. The summed E-state index contributed by atoms with van der Waals surface area (Å²) in [6.45, 7) is 6.05. The Bertz CT molecular complexity index is 921. The lowest BCUT2D eigenvalue weighted by molar-refractivity contribution is 0.0941. The molecular weight excluding hydrogens is 381 g/mol. The van der Waals surface area contributed by atoms with Gasteiger partial charge in [-0.2, -0.15) is 0 Å². The van der Waals surface area contributed by atoms with Gasteiger partial charge in [-0.1, -0.05) is 61.5 Å². The average molecular weight is 410 g/mol. The minimum atomic E-state index is -0.313. The van der Waals surface area contributed by atoms with E-state index in [-0.39, 0.29) is 17.4 Å². The first-order valence-corrected chi connectivity index (χ1v) is 10.3. The highest BCUT2D eigenvalue weighted by molar-refractivity contribution is 5.92. The number of benzene rings is 2. The van der Waals surface area contributed by atoms with Crippen LogP contribution in [0.5, 0.6) is 0 Å². The lowest BCUT2D eigenvalue weighted by Crippen LogP contribution is -2.33. The average Bonchev–Trinajstić information content (AvgIpc) is 3.23. The van der Waals surface area contributed by atoms with Crippen molar-refractivity contribution in [3.05, 3.63) is 89.1 Å². The number of hydrogen-bond acceptors (Lipinski definition) is 4. The second kappa shape index (κ2) is 10.7. The van der Waals surface area contributed by atoms with Crippen molar-refractivity contribution in [3.63, 3.8) is 0 Å². The molecule has 3 aromatic rings. The molecule has 0 radical (unpaired) electrons. The van der Waals surface area contributed by atoms with Crippen molar-refractivity contribution < 1.29 is 13.7 Å². The van der Waals surface area contributed by atoms with Gasteiger partial charge in [0.1, 0.15) is 5.82 Å². The first kappa shape index (κ1) is 21.7. The maximum atomic E-state index is 13.0. The molecule has 5 nitrogen and oxygen atoms in total. The predicted molar refractivity (Wildman–Crippen MR) is 114 cm³/mol. The molecule has 0 saturated heterocycles. The van der Waals surface area contributed by atoms with E-state index in [9.17, 15) is 9.18 Å². The highest BCUT2D eigenvalue weighted by Crippen LogP contribution is 2.18. The number of halogens is 1. The van der Waals surface area contributed by atoms with E-state index in [0.29, 0.717) is 24.9 Å². The first-order chi connectivity index (χ1) is 14.6.